The van der Waals surface area contributed by atoms with Gasteiger partial charge in [0.1, 0.15) is 5.75 Å². The monoisotopic (exact) mass is 407 g/mol. The molecule has 4 rings (SSSR count). The molecule has 8 heteroatoms. The van der Waals surface area contributed by atoms with Crippen molar-refractivity contribution in [1.29, 1.82) is 0 Å². The zero-order valence-electron chi connectivity index (χ0n) is 17.1. The summed E-state index contributed by atoms with van der Waals surface area (Å²) >= 11 is 0. The standard InChI is InChI=1S/C22H25N5O3/c1-15(19-5-3-4-12-23-19)24-20(28)16-10-13-27(14-11-16)22-26-25-21(30-22)17-6-8-18(29-2)9-7-17/h3-9,12,15-16H,10-11,13-14H2,1-2H3,(H,24,28)/t15-/m0/s1. The number of hydrogen-bond acceptors (Lipinski definition) is 7. The van der Waals surface area contributed by atoms with Gasteiger partial charge >= 0.3 is 6.01 Å². The average Bonchev–Trinajstić information content (AvgIpc) is 3.30. The minimum Gasteiger partial charge on any atom is -0.497 e. The van der Waals surface area contributed by atoms with Crippen LogP contribution in [-0.2, 0) is 4.79 Å². The van der Waals surface area contributed by atoms with Crippen molar-refractivity contribution in [1.82, 2.24) is 20.5 Å². The van der Waals surface area contributed by atoms with E-state index in [-0.39, 0.29) is 17.9 Å². The number of benzene rings is 1. The van der Waals surface area contributed by atoms with Crippen LogP contribution in [0, 0.1) is 5.92 Å². The summed E-state index contributed by atoms with van der Waals surface area (Å²) in [6, 6.07) is 13.6. The first kappa shape index (κ1) is 19.9. The largest absolute Gasteiger partial charge is 0.497 e. The first-order valence-corrected chi connectivity index (χ1v) is 10.1. The van der Waals surface area contributed by atoms with Gasteiger partial charge in [0.2, 0.25) is 11.8 Å². The molecule has 1 aromatic carbocycles. The molecular weight excluding hydrogens is 382 g/mol. The van der Waals surface area contributed by atoms with Crippen molar-refractivity contribution in [2.24, 2.45) is 5.92 Å². The third-order valence-corrected chi connectivity index (χ3v) is 5.38. The van der Waals surface area contributed by atoms with E-state index in [9.17, 15) is 4.79 Å². The van der Waals surface area contributed by atoms with Gasteiger partial charge in [0, 0.05) is 30.8 Å². The van der Waals surface area contributed by atoms with Crippen molar-refractivity contribution < 1.29 is 13.9 Å². The van der Waals surface area contributed by atoms with Gasteiger partial charge in [-0.15, -0.1) is 5.10 Å². The first-order chi connectivity index (χ1) is 14.6. The zero-order chi connectivity index (χ0) is 20.9. The summed E-state index contributed by atoms with van der Waals surface area (Å²) in [5, 5.41) is 11.4. The second kappa shape index (κ2) is 8.94. The van der Waals surface area contributed by atoms with E-state index in [4.69, 9.17) is 9.15 Å². The van der Waals surface area contributed by atoms with E-state index < -0.39 is 0 Å². The summed E-state index contributed by atoms with van der Waals surface area (Å²) in [6.07, 6.45) is 3.21. The predicted octanol–water partition coefficient (Wildman–Crippen LogP) is 3.23. The summed E-state index contributed by atoms with van der Waals surface area (Å²) in [5.41, 5.74) is 1.70. The SMILES string of the molecule is COc1ccc(-c2nnc(N3CCC(C(=O)N[C@@H](C)c4ccccn4)CC3)o2)cc1. The smallest absolute Gasteiger partial charge is 0.318 e. The second-order valence-corrected chi connectivity index (χ2v) is 7.36. The van der Waals surface area contributed by atoms with E-state index in [2.05, 4.69) is 20.5 Å². The Hall–Kier alpha value is -3.42. The fourth-order valence-electron chi connectivity index (χ4n) is 3.56. The van der Waals surface area contributed by atoms with E-state index in [1.165, 1.54) is 0 Å². The number of anilines is 1. The van der Waals surface area contributed by atoms with Crippen molar-refractivity contribution in [3.8, 4) is 17.2 Å². The molecule has 0 spiro atoms. The molecule has 0 saturated carbocycles. The Morgan fingerprint density at radius 3 is 2.60 bits per heavy atom. The molecule has 1 aliphatic rings. The Morgan fingerprint density at radius 2 is 1.93 bits per heavy atom. The van der Waals surface area contributed by atoms with Crippen molar-refractivity contribution in [2.75, 3.05) is 25.1 Å². The molecule has 0 radical (unpaired) electrons. The van der Waals surface area contributed by atoms with Gasteiger partial charge in [-0.3, -0.25) is 9.78 Å². The lowest BCUT2D eigenvalue weighted by Crippen LogP contribution is -2.41. The molecule has 1 N–H and O–H groups in total. The van der Waals surface area contributed by atoms with Crippen molar-refractivity contribution in [3.63, 3.8) is 0 Å². The maximum absolute atomic E-state index is 12.6. The van der Waals surface area contributed by atoms with Crippen LogP contribution in [0.2, 0.25) is 0 Å². The van der Waals surface area contributed by atoms with Crippen LogP contribution in [0.5, 0.6) is 5.75 Å². The average molecular weight is 407 g/mol. The highest BCUT2D eigenvalue weighted by Crippen LogP contribution is 2.27. The van der Waals surface area contributed by atoms with Gasteiger partial charge in [-0.25, -0.2) is 0 Å². The van der Waals surface area contributed by atoms with E-state index in [1.807, 2.05) is 54.3 Å². The molecule has 3 heterocycles. The summed E-state index contributed by atoms with van der Waals surface area (Å²) in [4.78, 5) is 19.0. The molecule has 0 aliphatic carbocycles. The molecule has 0 bridgehead atoms. The van der Waals surface area contributed by atoms with Crippen LogP contribution in [0.15, 0.2) is 53.1 Å². The number of rotatable bonds is 6. The Morgan fingerprint density at radius 1 is 1.17 bits per heavy atom. The number of aromatic nitrogens is 3. The molecule has 1 saturated heterocycles. The lowest BCUT2D eigenvalue weighted by molar-refractivity contribution is -0.126. The number of amides is 1. The van der Waals surface area contributed by atoms with Crippen molar-refractivity contribution in [2.45, 2.75) is 25.8 Å². The number of carbonyl (C=O) groups excluding carboxylic acids is 1. The topological polar surface area (TPSA) is 93.4 Å². The fourth-order valence-corrected chi connectivity index (χ4v) is 3.56. The first-order valence-electron chi connectivity index (χ1n) is 10.1. The Balaban J connectivity index is 1.32. The van der Waals surface area contributed by atoms with E-state index in [1.54, 1.807) is 13.3 Å². The highest BCUT2D eigenvalue weighted by molar-refractivity contribution is 5.79. The van der Waals surface area contributed by atoms with Gasteiger partial charge < -0.3 is 19.4 Å². The number of nitrogens with one attached hydrogen (secondary N) is 1. The van der Waals surface area contributed by atoms with Crippen LogP contribution < -0.4 is 15.0 Å². The zero-order valence-corrected chi connectivity index (χ0v) is 17.1. The van der Waals surface area contributed by atoms with Crippen LogP contribution >= 0.6 is 0 Å². The highest BCUT2D eigenvalue weighted by atomic mass is 16.5. The van der Waals surface area contributed by atoms with E-state index in [0.29, 0.717) is 25.0 Å². The van der Waals surface area contributed by atoms with E-state index >= 15 is 0 Å². The highest BCUT2D eigenvalue weighted by Gasteiger charge is 2.28. The molecular formula is C22H25N5O3. The normalized spacial score (nSPS) is 15.6. The molecule has 3 aromatic rings. The van der Waals surface area contributed by atoms with E-state index in [0.717, 1.165) is 29.8 Å². The van der Waals surface area contributed by atoms with Gasteiger partial charge in [0.15, 0.2) is 0 Å². The van der Waals surface area contributed by atoms with Gasteiger partial charge in [0.25, 0.3) is 0 Å². The molecule has 2 aromatic heterocycles. The predicted molar refractivity (Wildman–Crippen MR) is 112 cm³/mol. The van der Waals surface area contributed by atoms with Crippen LogP contribution in [0.25, 0.3) is 11.5 Å². The summed E-state index contributed by atoms with van der Waals surface area (Å²) in [5.74, 6) is 1.28. The van der Waals surface area contributed by atoms with Crippen molar-refractivity contribution in [3.05, 3.63) is 54.4 Å². The summed E-state index contributed by atoms with van der Waals surface area (Å²) in [6.45, 7) is 3.34. The van der Waals surface area contributed by atoms with Crippen LogP contribution in [0.4, 0.5) is 6.01 Å². The quantitative estimate of drug-likeness (QED) is 0.670. The Labute approximate surface area is 175 Å². The number of nitrogens with zero attached hydrogens (tertiary/aromatic N) is 4. The molecule has 30 heavy (non-hydrogen) atoms. The Kier molecular flexibility index (Phi) is 5.92. The van der Waals surface area contributed by atoms with Gasteiger partial charge in [-0.1, -0.05) is 11.2 Å². The van der Waals surface area contributed by atoms with Gasteiger partial charge in [-0.2, -0.15) is 0 Å². The van der Waals surface area contributed by atoms with Crippen LogP contribution in [0.1, 0.15) is 31.5 Å². The number of ether oxygens (including phenoxy) is 1. The number of carbonyl (C=O) groups is 1. The number of methoxy groups -OCH3 is 1. The van der Waals surface area contributed by atoms with Crippen LogP contribution in [0.3, 0.4) is 0 Å². The maximum Gasteiger partial charge on any atom is 0.318 e. The third-order valence-electron chi connectivity index (χ3n) is 5.38. The number of pyridine rings is 1. The molecule has 156 valence electrons. The minimum atomic E-state index is -0.111. The maximum atomic E-state index is 12.6. The number of hydrogen-bond donors (Lipinski definition) is 1. The lowest BCUT2D eigenvalue weighted by atomic mass is 9.95. The van der Waals surface area contributed by atoms with Gasteiger partial charge in [0.05, 0.1) is 18.8 Å². The lowest BCUT2D eigenvalue weighted by Gasteiger charge is -2.30. The molecule has 1 fully saturated rings. The molecule has 1 aliphatic heterocycles. The molecule has 8 nitrogen and oxygen atoms in total. The summed E-state index contributed by atoms with van der Waals surface area (Å²) in [7, 11) is 1.63. The third kappa shape index (κ3) is 4.42. The fraction of sp³-hybridized carbons (Fsp3) is 0.364. The Bertz CT molecular complexity index is 966. The second-order valence-electron chi connectivity index (χ2n) is 7.36. The minimum absolute atomic E-state index is 0.0311. The van der Waals surface area contributed by atoms with Crippen LogP contribution in [-0.4, -0.2) is 41.3 Å². The molecule has 0 unspecified atom stereocenters. The summed E-state index contributed by atoms with van der Waals surface area (Å²) < 4.78 is 11.0. The number of piperidine rings is 1. The molecule has 1 amide bonds. The van der Waals surface area contributed by atoms with Crippen molar-refractivity contribution >= 4 is 11.9 Å². The van der Waals surface area contributed by atoms with Gasteiger partial charge in [-0.05, 0) is 56.2 Å². The molecule has 1 atom stereocenters.